The molecule has 1 N–H and O–H groups in total. The van der Waals surface area contributed by atoms with Gasteiger partial charge in [-0.15, -0.1) is 0 Å². The van der Waals surface area contributed by atoms with E-state index in [2.05, 4.69) is 9.88 Å². The molecule has 132 valence electrons. The number of carbonyl (C=O) groups excluding carboxylic acids is 2. The van der Waals surface area contributed by atoms with Gasteiger partial charge in [0, 0.05) is 17.4 Å². The molecule has 0 unspecified atom stereocenters. The number of aromatic nitrogens is 1. The molecule has 1 atom stereocenters. The number of carbonyl (C=O) groups is 2. The van der Waals surface area contributed by atoms with Crippen LogP contribution in [-0.2, 0) is 9.53 Å². The van der Waals surface area contributed by atoms with Crippen molar-refractivity contribution in [2.45, 2.75) is 45.7 Å². The van der Waals surface area contributed by atoms with Crippen molar-refractivity contribution in [3.63, 3.8) is 0 Å². The highest BCUT2D eigenvalue weighted by atomic mass is 16.5. The summed E-state index contributed by atoms with van der Waals surface area (Å²) in [4.78, 5) is 24.4. The summed E-state index contributed by atoms with van der Waals surface area (Å²) in [5, 5.41) is 2.84. The lowest BCUT2D eigenvalue weighted by Gasteiger charge is -2.14. The first-order valence-electron chi connectivity index (χ1n) is 8.67. The molecule has 0 radical (unpaired) electrons. The van der Waals surface area contributed by atoms with Crippen molar-refractivity contribution < 1.29 is 14.3 Å². The number of amides is 1. The van der Waals surface area contributed by atoms with Crippen LogP contribution in [0.4, 0.5) is 0 Å². The van der Waals surface area contributed by atoms with E-state index in [4.69, 9.17) is 4.74 Å². The van der Waals surface area contributed by atoms with Crippen molar-refractivity contribution >= 4 is 11.9 Å². The summed E-state index contributed by atoms with van der Waals surface area (Å²) in [6, 6.07) is 11.9. The van der Waals surface area contributed by atoms with E-state index in [0.717, 1.165) is 29.8 Å². The minimum atomic E-state index is -0.442. The molecular weight excluding hydrogens is 316 g/mol. The Morgan fingerprint density at radius 2 is 1.92 bits per heavy atom. The van der Waals surface area contributed by atoms with Gasteiger partial charge < -0.3 is 14.6 Å². The van der Waals surface area contributed by atoms with Crippen LogP contribution in [0, 0.1) is 13.8 Å². The van der Waals surface area contributed by atoms with Gasteiger partial charge >= 0.3 is 5.97 Å². The van der Waals surface area contributed by atoms with Gasteiger partial charge in [-0.25, -0.2) is 4.79 Å². The Morgan fingerprint density at radius 1 is 1.24 bits per heavy atom. The van der Waals surface area contributed by atoms with Crippen LogP contribution >= 0.6 is 0 Å². The highest BCUT2D eigenvalue weighted by Gasteiger charge is 2.28. The quantitative estimate of drug-likeness (QED) is 0.819. The summed E-state index contributed by atoms with van der Waals surface area (Å²) in [5.74, 6) is -0.747. The molecule has 5 heteroatoms. The average molecular weight is 340 g/mol. The van der Waals surface area contributed by atoms with E-state index in [1.165, 1.54) is 0 Å². The summed E-state index contributed by atoms with van der Waals surface area (Å²) < 4.78 is 7.40. The van der Waals surface area contributed by atoms with Crippen molar-refractivity contribution in [1.29, 1.82) is 0 Å². The van der Waals surface area contributed by atoms with Crippen LogP contribution in [0.25, 0.3) is 0 Å². The lowest BCUT2D eigenvalue weighted by atomic mass is 10.1. The predicted octanol–water partition coefficient (Wildman–Crippen LogP) is 3.47. The number of nitrogens with zero attached hydrogens (tertiary/aromatic N) is 1. The Bertz CT molecular complexity index is 776. The van der Waals surface area contributed by atoms with Gasteiger partial charge in [0.05, 0.1) is 11.6 Å². The van der Waals surface area contributed by atoms with Crippen molar-refractivity contribution in [2.24, 2.45) is 0 Å². The largest absolute Gasteiger partial charge is 0.452 e. The molecule has 1 aliphatic carbocycles. The summed E-state index contributed by atoms with van der Waals surface area (Å²) in [5.41, 5.74) is 3.54. The van der Waals surface area contributed by atoms with Crippen molar-refractivity contribution in [3.05, 3.63) is 58.9 Å². The molecule has 1 aliphatic rings. The molecule has 1 aromatic heterocycles. The number of ether oxygens (including phenoxy) is 1. The zero-order valence-corrected chi connectivity index (χ0v) is 14.9. The van der Waals surface area contributed by atoms with E-state index in [1.54, 1.807) is 0 Å². The topological polar surface area (TPSA) is 60.3 Å². The van der Waals surface area contributed by atoms with Crippen LogP contribution in [-0.4, -0.2) is 23.1 Å². The van der Waals surface area contributed by atoms with Gasteiger partial charge in [0.25, 0.3) is 5.91 Å². The molecule has 25 heavy (non-hydrogen) atoms. The van der Waals surface area contributed by atoms with Gasteiger partial charge in [-0.2, -0.15) is 0 Å². The van der Waals surface area contributed by atoms with Crippen molar-refractivity contribution in [3.8, 4) is 0 Å². The smallest absolute Gasteiger partial charge is 0.340 e. The second kappa shape index (κ2) is 7.13. The number of hydrogen-bond acceptors (Lipinski definition) is 3. The summed E-state index contributed by atoms with van der Waals surface area (Å²) in [6.45, 7) is 5.55. The number of benzene rings is 1. The maximum atomic E-state index is 12.3. The molecule has 0 aliphatic heterocycles. The summed E-state index contributed by atoms with van der Waals surface area (Å²) >= 11 is 0. The van der Waals surface area contributed by atoms with E-state index in [9.17, 15) is 9.59 Å². The zero-order chi connectivity index (χ0) is 18.0. The molecule has 1 heterocycles. The van der Waals surface area contributed by atoms with Crippen molar-refractivity contribution in [2.75, 3.05) is 6.61 Å². The molecular formula is C20H24N2O3. The maximum absolute atomic E-state index is 12.3. The lowest BCUT2D eigenvalue weighted by Crippen LogP contribution is -2.31. The second-order valence-electron chi connectivity index (χ2n) is 6.66. The maximum Gasteiger partial charge on any atom is 0.340 e. The van der Waals surface area contributed by atoms with E-state index >= 15 is 0 Å². The molecule has 0 saturated heterocycles. The molecule has 2 aromatic rings. The van der Waals surface area contributed by atoms with E-state index in [0.29, 0.717) is 11.6 Å². The fraction of sp³-hybridized carbons (Fsp3) is 0.400. The first kappa shape index (κ1) is 17.3. The average Bonchev–Trinajstić information content (AvgIpc) is 3.38. The summed E-state index contributed by atoms with van der Waals surface area (Å²) in [7, 11) is 0. The molecule has 3 rings (SSSR count). The molecule has 1 fully saturated rings. The Morgan fingerprint density at radius 3 is 2.56 bits per heavy atom. The monoisotopic (exact) mass is 340 g/mol. The van der Waals surface area contributed by atoms with Gasteiger partial charge in [-0.3, -0.25) is 4.79 Å². The minimum absolute atomic E-state index is 0.132. The second-order valence-corrected chi connectivity index (χ2v) is 6.66. The number of aryl methyl sites for hydroxylation is 1. The van der Waals surface area contributed by atoms with E-state index in [-0.39, 0.29) is 18.6 Å². The first-order valence-corrected chi connectivity index (χ1v) is 8.67. The van der Waals surface area contributed by atoms with Crippen LogP contribution in [0.1, 0.15) is 59.2 Å². The fourth-order valence-electron chi connectivity index (χ4n) is 3.20. The van der Waals surface area contributed by atoms with Gasteiger partial charge in [-0.1, -0.05) is 30.3 Å². The predicted molar refractivity (Wildman–Crippen MR) is 95.5 cm³/mol. The van der Waals surface area contributed by atoms with E-state index in [1.807, 2.05) is 57.2 Å². The van der Waals surface area contributed by atoms with Crippen molar-refractivity contribution in [1.82, 2.24) is 9.88 Å². The zero-order valence-electron chi connectivity index (χ0n) is 14.9. The normalized spacial score (nSPS) is 14.8. The third kappa shape index (κ3) is 3.92. The Labute approximate surface area is 148 Å². The van der Waals surface area contributed by atoms with Crippen LogP contribution in [0.5, 0.6) is 0 Å². The number of hydrogen-bond donors (Lipinski definition) is 1. The highest BCUT2D eigenvalue weighted by Crippen LogP contribution is 2.38. The highest BCUT2D eigenvalue weighted by molar-refractivity contribution is 5.92. The third-order valence-electron chi connectivity index (χ3n) is 4.63. The molecule has 1 saturated carbocycles. The van der Waals surface area contributed by atoms with Gasteiger partial charge in [0.15, 0.2) is 6.61 Å². The van der Waals surface area contributed by atoms with Crippen LogP contribution in [0.3, 0.4) is 0 Å². The minimum Gasteiger partial charge on any atom is -0.452 e. The SMILES string of the molecule is Cc1cc(C(=O)OCC(=O)N[C@@H](C)c2ccccc2)c(C)n1C1CC1. The number of nitrogens with one attached hydrogen (secondary N) is 1. The fourth-order valence-corrected chi connectivity index (χ4v) is 3.20. The van der Waals surface area contributed by atoms with Gasteiger partial charge in [0.1, 0.15) is 0 Å². The van der Waals surface area contributed by atoms with Gasteiger partial charge in [0.2, 0.25) is 0 Å². The molecule has 0 bridgehead atoms. The van der Waals surface area contributed by atoms with E-state index < -0.39 is 5.97 Å². The standard InChI is InChI=1S/C20H24N2O3/c1-13-11-18(15(3)22(13)17-9-10-17)20(24)25-12-19(23)21-14(2)16-7-5-4-6-8-16/h4-8,11,14,17H,9-10,12H2,1-3H3,(H,21,23)/t14-/m0/s1. The Hall–Kier alpha value is -2.56. The third-order valence-corrected chi connectivity index (χ3v) is 4.63. The number of rotatable bonds is 6. The van der Waals surface area contributed by atoms with Crippen LogP contribution < -0.4 is 5.32 Å². The molecule has 1 aromatic carbocycles. The Kier molecular flexibility index (Phi) is 4.93. The molecule has 0 spiro atoms. The lowest BCUT2D eigenvalue weighted by molar-refractivity contribution is -0.124. The number of esters is 1. The summed E-state index contributed by atoms with van der Waals surface area (Å²) in [6.07, 6.45) is 2.31. The molecule has 5 nitrogen and oxygen atoms in total. The van der Waals surface area contributed by atoms with Crippen LogP contribution in [0.2, 0.25) is 0 Å². The Balaban J connectivity index is 1.55. The first-order chi connectivity index (χ1) is 12.0. The van der Waals surface area contributed by atoms with Gasteiger partial charge in [-0.05, 0) is 45.2 Å². The molecule has 1 amide bonds. The van der Waals surface area contributed by atoms with Crippen LogP contribution in [0.15, 0.2) is 36.4 Å².